The van der Waals surface area contributed by atoms with E-state index < -0.39 is 12.3 Å². The SMILES string of the molecule is COC1OC(=O)C(Br)=C1Cl. The molecule has 1 rings (SSSR count). The Hall–Kier alpha value is -0.0600. The van der Waals surface area contributed by atoms with Crippen LogP contribution in [-0.4, -0.2) is 19.4 Å². The first-order chi connectivity index (χ1) is 4.66. The van der Waals surface area contributed by atoms with Crippen LogP contribution < -0.4 is 0 Å². The first-order valence-corrected chi connectivity index (χ1v) is 3.63. The van der Waals surface area contributed by atoms with Crippen LogP contribution in [0.15, 0.2) is 9.51 Å². The van der Waals surface area contributed by atoms with E-state index in [1.54, 1.807) is 0 Å². The van der Waals surface area contributed by atoms with Crippen molar-refractivity contribution >= 4 is 33.5 Å². The standard InChI is InChI=1S/C5H4BrClO3/c1-9-5-3(7)2(6)4(8)10-5/h5H,1H3. The van der Waals surface area contributed by atoms with Crippen LogP contribution in [0, 0.1) is 0 Å². The monoisotopic (exact) mass is 226 g/mol. The fraction of sp³-hybridized carbons (Fsp3) is 0.400. The van der Waals surface area contributed by atoms with Gasteiger partial charge in [-0.2, -0.15) is 0 Å². The Morgan fingerprint density at radius 2 is 2.40 bits per heavy atom. The second-order valence-corrected chi connectivity index (χ2v) is 2.84. The first-order valence-electron chi connectivity index (χ1n) is 2.45. The smallest absolute Gasteiger partial charge is 0.349 e. The molecule has 0 bridgehead atoms. The molecule has 0 aromatic carbocycles. The molecule has 56 valence electrons. The summed E-state index contributed by atoms with van der Waals surface area (Å²) >= 11 is 8.53. The zero-order valence-corrected chi connectivity index (χ0v) is 7.40. The molecule has 10 heavy (non-hydrogen) atoms. The van der Waals surface area contributed by atoms with Crippen molar-refractivity contribution in [2.45, 2.75) is 6.29 Å². The van der Waals surface area contributed by atoms with E-state index in [9.17, 15) is 4.79 Å². The van der Waals surface area contributed by atoms with Crippen LogP contribution in [0.4, 0.5) is 0 Å². The fourth-order valence-corrected chi connectivity index (χ4v) is 1.04. The van der Waals surface area contributed by atoms with Crippen LogP contribution in [-0.2, 0) is 14.3 Å². The van der Waals surface area contributed by atoms with Crippen molar-refractivity contribution in [2.75, 3.05) is 7.11 Å². The van der Waals surface area contributed by atoms with Crippen molar-refractivity contribution in [3.8, 4) is 0 Å². The third kappa shape index (κ3) is 1.19. The minimum atomic E-state index is -0.733. The van der Waals surface area contributed by atoms with E-state index in [-0.39, 0.29) is 9.51 Å². The van der Waals surface area contributed by atoms with Gasteiger partial charge in [-0.15, -0.1) is 0 Å². The Morgan fingerprint density at radius 3 is 2.60 bits per heavy atom. The van der Waals surface area contributed by atoms with Crippen LogP contribution in [0.5, 0.6) is 0 Å². The van der Waals surface area contributed by atoms with E-state index >= 15 is 0 Å². The third-order valence-electron chi connectivity index (χ3n) is 1.02. The quantitative estimate of drug-likeness (QED) is 0.635. The summed E-state index contributed by atoms with van der Waals surface area (Å²) in [5, 5.41) is 0.257. The molecular formula is C5H4BrClO3. The molecule has 0 fully saturated rings. The molecule has 3 nitrogen and oxygen atoms in total. The Kier molecular flexibility index (Phi) is 2.33. The number of hydrogen-bond donors (Lipinski definition) is 0. The van der Waals surface area contributed by atoms with E-state index in [0.29, 0.717) is 0 Å². The Morgan fingerprint density at radius 1 is 1.80 bits per heavy atom. The molecule has 0 saturated heterocycles. The lowest BCUT2D eigenvalue weighted by Crippen LogP contribution is -2.11. The van der Waals surface area contributed by atoms with Gasteiger partial charge in [0.2, 0.25) is 6.29 Å². The maximum Gasteiger partial charge on any atom is 0.349 e. The summed E-state index contributed by atoms with van der Waals surface area (Å²) < 4.78 is 9.56. The first kappa shape index (κ1) is 8.04. The lowest BCUT2D eigenvalue weighted by Gasteiger charge is -2.05. The van der Waals surface area contributed by atoms with Gasteiger partial charge in [-0.1, -0.05) is 11.6 Å². The van der Waals surface area contributed by atoms with Gasteiger partial charge < -0.3 is 9.47 Å². The molecule has 0 spiro atoms. The normalized spacial score (nSPS) is 25.5. The summed E-state index contributed by atoms with van der Waals surface area (Å²) in [5.74, 6) is -0.489. The highest BCUT2D eigenvalue weighted by molar-refractivity contribution is 9.12. The maximum atomic E-state index is 10.7. The molecule has 1 atom stereocenters. The Bertz CT molecular complexity index is 201. The average molecular weight is 227 g/mol. The number of carbonyl (C=O) groups excluding carboxylic acids is 1. The molecular weight excluding hydrogens is 223 g/mol. The Balaban J connectivity index is 2.83. The van der Waals surface area contributed by atoms with Crippen LogP contribution in [0.25, 0.3) is 0 Å². The summed E-state index contributed by atoms with van der Waals surface area (Å²) in [7, 11) is 1.41. The lowest BCUT2D eigenvalue weighted by molar-refractivity contribution is -0.154. The van der Waals surface area contributed by atoms with Crippen molar-refractivity contribution < 1.29 is 14.3 Å². The zero-order chi connectivity index (χ0) is 7.72. The van der Waals surface area contributed by atoms with E-state index in [0.717, 1.165) is 0 Å². The Labute approximate surface area is 71.1 Å². The van der Waals surface area contributed by atoms with Gasteiger partial charge in [0, 0.05) is 7.11 Å². The molecule has 0 radical (unpaired) electrons. The maximum absolute atomic E-state index is 10.7. The van der Waals surface area contributed by atoms with Crippen LogP contribution in [0.2, 0.25) is 0 Å². The van der Waals surface area contributed by atoms with Gasteiger partial charge in [-0.3, -0.25) is 0 Å². The summed E-state index contributed by atoms with van der Waals surface area (Å²) in [6.07, 6.45) is -0.733. The molecule has 1 aliphatic rings. The predicted octanol–water partition coefficient (Wildman–Crippen LogP) is 1.36. The average Bonchev–Trinajstić information content (AvgIpc) is 2.17. The third-order valence-corrected chi connectivity index (χ3v) is 2.37. The second kappa shape index (κ2) is 2.90. The van der Waals surface area contributed by atoms with Crippen molar-refractivity contribution in [3.05, 3.63) is 9.51 Å². The molecule has 0 saturated carbocycles. The van der Waals surface area contributed by atoms with Crippen LogP contribution in [0.3, 0.4) is 0 Å². The fourth-order valence-electron chi connectivity index (χ4n) is 0.553. The van der Waals surface area contributed by atoms with E-state index in [1.165, 1.54) is 7.11 Å². The highest BCUT2D eigenvalue weighted by Gasteiger charge is 2.31. The number of hydrogen-bond acceptors (Lipinski definition) is 3. The van der Waals surface area contributed by atoms with Crippen molar-refractivity contribution in [2.24, 2.45) is 0 Å². The van der Waals surface area contributed by atoms with Crippen LogP contribution >= 0.6 is 27.5 Å². The summed E-state index contributed by atoms with van der Waals surface area (Å²) in [4.78, 5) is 10.7. The number of methoxy groups -OCH3 is 1. The second-order valence-electron chi connectivity index (χ2n) is 1.63. The largest absolute Gasteiger partial charge is 0.426 e. The lowest BCUT2D eigenvalue weighted by atomic mass is 10.5. The van der Waals surface area contributed by atoms with E-state index in [4.69, 9.17) is 16.3 Å². The topological polar surface area (TPSA) is 35.5 Å². The molecule has 1 heterocycles. The predicted molar refractivity (Wildman–Crippen MR) is 38.7 cm³/mol. The van der Waals surface area contributed by atoms with Gasteiger partial charge in [0.25, 0.3) is 0 Å². The van der Waals surface area contributed by atoms with Gasteiger partial charge in [-0.25, -0.2) is 4.79 Å². The number of ether oxygens (including phenoxy) is 2. The van der Waals surface area contributed by atoms with Crippen molar-refractivity contribution in [1.82, 2.24) is 0 Å². The highest BCUT2D eigenvalue weighted by Crippen LogP contribution is 2.29. The number of esters is 1. The van der Waals surface area contributed by atoms with E-state index in [1.807, 2.05) is 0 Å². The molecule has 1 unspecified atom stereocenters. The number of rotatable bonds is 1. The van der Waals surface area contributed by atoms with Gasteiger partial charge in [0.05, 0.1) is 0 Å². The number of carbonyl (C=O) groups is 1. The summed E-state index contributed by atoms with van der Waals surface area (Å²) in [6, 6.07) is 0. The number of halogens is 2. The molecule has 0 aromatic rings. The van der Waals surface area contributed by atoms with Crippen molar-refractivity contribution in [1.29, 1.82) is 0 Å². The molecule has 0 aromatic heterocycles. The van der Waals surface area contributed by atoms with Crippen LogP contribution in [0.1, 0.15) is 0 Å². The molecule has 0 aliphatic carbocycles. The minimum Gasteiger partial charge on any atom is -0.426 e. The highest BCUT2D eigenvalue weighted by atomic mass is 79.9. The zero-order valence-electron chi connectivity index (χ0n) is 5.06. The molecule has 5 heteroatoms. The minimum absolute atomic E-state index is 0.237. The van der Waals surface area contributed by atoms with Gasteiger partial charge >= 0.3 is 5.97 Å². The van der Waals surface area contributed by atoms with Gasteiger partial charge in [0.15, 0.2) is 0 Å². The molecule has 1 aliphatic heterocycles. The summed E-state index contributed by atoms with van der Waals surface area (Å²) in [5.41, 5.74) is 0. The van der Waals surface area contributed by atoms with E-state index in [2.05, 4.69) is 20.7 Å². The van der Waals surface area contributed by atoms with Gasteiger partial charge in [0.1, 0.15) is 9.51 Å². The van der Waals surface area contributed by atoms with Crippen molar-refractivity contribution in [3.63, 3.8) is 0 Å². The molecule has 0 amide bonds. The van der Waals surface area contributed by atoms with Gasteiger partial charge in [-0.05, 0) is 15.9 Å². The number of cyclic esters (lactones) is 1. The summed E-state index contributed by atoms with van der Waals surface area (Å²) in [6.45, 7) is 0. The molecule has 0 N–H and O–H groups in total.